The fraction of sp³-hybridized carbons (Fsp3) is 1.00. The second kappa shape index (κ2) is 10.1. The second-order valence-electron chi connectivity index (χ2n) is 5.86. The van der Waals surface area contributed by atoms with Crippen LogP contribution in [0.1, 0.15) is 71.1 Å². The first-order chi connectivity index (χ1) is 8.34. The molecular formula is C15H33NSi. The van der Waals surface area contributed by atoms with Crippen LogP contribution in [0.25, 0.3) is 0 Å². The van der Waals surface area contributed by atoms with Crippen molar-refractivity contribution in [1.82, 2.24) is 4.57 Å². The zero-order valence-electron chi connectivity index (χ0n) is 12.2. The largest absolute Gasteiger partial charge is 0.326 e. The molecule has 0 aromatic heterocycles. The summed E-state index contributed by atoms with van der Waals surface area (Å²) >= 11 is 0. The van der Waals surface area contributed by atoms with E-state index in [0.29, 0.717) is 0 Å². The van der Waals surface area contributed by atoms with Crippen LogP contribution >= 0.6 is 0 Å². The topological polar surface area (TPSA) is 3.24 Å². The summed E-state index contributed by atoms with van der Waals surface area (Å²) in [4.78, 5) is 0. The first kappa shape index (κ1) is 15.2. The number of unbranched alkanes of at least 4 members (excludes halogenated alkanes) is 5. The number of hydrogen-bond donors (Lipinski definition) is 0. The lowest BCUT2D eigenvalue weighted by Gasteiger charge is -2.26. The molecule has 1 fully saturated rings. The Morgan fingerprint density at radius 3 is 2.06 bits per heavy atom. The maximum Gasteiger partial charge on any atom is 0.108 e. The average molecular weight is 256 g/mol. The summed E-state index contributed by atoms with van der Waals surface area (Å²) in [6.45, 7) is 7.72. The molecule has 0 saturated carbocycles. The van der Waals surface area contributed by atoms with Gasteiger partial charge in [0.05, 0.1) is 0 Å². The summed E-state index contributed by atoms with van der Waals surface area (Å²) in [7, 11) is -0.538. The highest BCUT2D eigenvalue weighted by Crippen LogP contribution is 2.15. The summed E-state index contributed by atoms with van der Waals surface area (Å²) in [6.07, 6.45) is 14.7. The van der Waals surface area contributed by atoms with Crippen LogP contribution in [0.2, 0.25) is 12.6 Å². The molecule has 0 spiro atoms. The molecule has 1 aliphatic heterocycles. The van der Waals surface area contributed by atoms with Gasteiger partial charge >= 0.3 is 0 Å². The molecule has 1 nitrogen and oxygen atoms in total. The van der Waals surface area contributed by atoms with E-state index >= 15 is 0 Å². The van der Waals surface area contributed by atoms with Gasteiger partial charge in [-0.3, -0.25) is 0 Å². The fourth-order valence-corrected chi connectivity index (χ4v) is 5.43. The quantitative estimate of drug-likeness (QED) is 0.453. The third-order valence-electron chi connectivity index (χ3n) is 4.24. The van der Waals surface area contributed by atoms with E-state index < -0.39 is 8.96 Å². The summed E-state index contributed by atoms with van der Waals surface area (Å²) in [5.41, 5.74) is 0. The van der Waals surface area contributed by atoms with Gasteiger partial charge in [-0.25, -0.2) is 0 Å². The molecule has 1 unspecified atom stereocenters. The zero-order valence-corrected chi connectivity index (χ0v) is 13.4. The van der Waals surface area contributed by atoms with E-state index in [1.54, 1.807) is 6.04 Å². The van der Waals surface area contributed by atoms with Crippen molar-refractivity contribution < 1.29 is 0 Å². The third-order valence-corrected chi connectivity index (χ3v) is 7.25. The smallest absolute Gasteiger partial charge is 0.108 e. The third kappa shape index (κ3) is 7.25. The number of hydrogen-bond acceptors (Lipinski definition) is 1. The minimum Gasteiger partial charge on any atom is -0.326 e. The highest BCUT2D eigenvalue weighted by Gasteiger charge is 2.16. The van der Waals surface area contributed by atoms with Crippen molar-refractivity contribution in [2.75, 3.05) is 13.1 Å². The lowest BCUT2D eigenvalue weighted by atomic mass is 10.1. The van der Waals surface area contributed by atoms with E-state index in [-0.39, 0.29) is 0 Å². The molecule has 17 heavy (non-hydrogen) atoms. The van der Waals surface area contributed by atoms with E-state index in [9.17, 15) is 0 Å². The van der Waals surface area contributed by atoms with Gasteiger partial charge in [0.2, 0.25) is 0 Å². The Hall–Kier alpha value is 0.177. The van der Waals surface area contributed by atoms with Crippen LogP contribution in [0.5, 0.6) is 0 Å². The average Bonchev–Trinajstić information content (AvgIpc) is 2.62. The van der Waals surface area contributed by atoms with Gasteiger partial charge in [0.1, 0.15) is 8.96 Å². The molecule has 0 aromatic rings. The van der Waals surface area contributed by atoms with Gasteiger partial charge in [-0.1, -0.05) is 64.8 Å². The summed E-state index contributed by atoms with van der Waals surface area (Å²) < 4.78 is 2.87. The van der Waals surface area contributed by atoms with E-state index in [2.05, 4.69) is 18.0 Å². The molecule has 102 valence electrons. The molecule has 2 heteroatoms. The maximum absolute atomic E-state index is 2.87. The molecule has 0 bridgehead atoms. The predicted octanol–water partition coefficient (Wildman–Crippen LogP) is 4.58. The number of nitrogens with zero attached hydrogens (tertiary/aromatic N) is 1. The summed E-state index contributed by atoms with van der Waals surface area (Å²) in [5, 5.41) is 0. The molecule has 1 saturated heterocycles. The Bertz CT molecular complexity index is 164. The van der Waals surface area contributed by atoms with E-state index in [1.807, 2.05) is 0 Å². The lowest BCUT2D eigenvalue weighted by Crippen LogP contribution is -2.37. The molecule has 0 radical (unpaired) electrons. The molecule has 0 N–H and O–H groups in total. The van der Waals surface area contributed by atoms with Crippen molar-refractivity contribution in [3.8, 4) is 0 Å². The van der Waals surface area contributed by atoms with Gasteiger partial charge in [0.15, 0.2) is 0 Å². The zero-order chi connectivity index (χ0) is 12.3. The highest BCUT2D eigenvalue weighted by molar-refractivity contribution is 6.54. The van der Waals surface area contributed by atoms with Gasteiger partial charge in [-0.05, 0) is 32.0 Å². The Kier molecular flexibility index (Phi) is 9.08. The molecule has 1 aliphatic rings. The van der Waals surface area contributed by atoms with Crippen molar-refractivity contribution in [3.63, 3.8) is 0 Å². The minimum absolute atomic E-state index is 0.538. The van der Waals surface area contributed by atoms with Gasteiger partial charge in [-0.15, -0.1) is 0 Å². The second-order valence-corrected chi connectivity index (χ2v) is 8.86. The van der Waals surface area contributed by atoms with Crippen LogP contribution in [0, 0.1) is 0 Å². The Morgan fingerprint density at radius 1 is 0.824 bits per heavy atom. The normalized spacial score (nSPS) is 20.1. The van der Waals surface area contributed by atoms with Gasteiger partial charge < -0.3 is 4.57 Å². The van der Waals surface area contributed by atoms with Crippen molar-refractivity contribution >= 4 is 8.96 Å². The van der Waals surface area contributed by atoms with Crippen LogP contribution in [-0.4, -0.2) is 26.6 Å². The van der Waals surface area contributed by atoms with Crippen molar-refractivity contribution in [3.05, 3.63) is 0 Å². The molecule has 1 rings (SSSR count). The molecule has 0 amide bonds. The van der Waals surface area contributed by atoms with E-state index in [0.717, 1.165) is 0 Å². The Labute approximate surface area is 111 Å². The van der Waals surface area contributed by atoms with Gasteiger partial charge in [0, 0.05) is 0 Å². The van der Waals surface area contributed by atoms with E-state index in [1.165, 1.54) is 77.3 Å². The molecule has 0 aromatic carbocycles. The molecular weight excluding hydrogens is 222 g/mol. The van der Waals surface area contributed by atoms with Crippen LogP contribution < -0.4 is 0 Å². The van der Waals surface area contributed by atoms with E-state index in [4.69, 9.17) is 0 Å². The SMILES string of the molecule is CCCCCCCC[SiH](C)N1CCCCCC1. The summed E-state index contributed by atoms with van der Waals surface area (Å²) in [5.74, 6) is 0. The monoisotopic (exact) mass is 255 g/mol. The van der Waals surface area contributed by atoms with Crippen LogP contribution in [0.15, 0.2) is 0 Å². The lowest BCUT2D eigenvalue weighted by molar-refractivity contribution is 0.446. The first-order valence-corrected chi connectivity index (χ1v) is 10.6. The Morgan fingerprint density at radius 2 is 1.41 bits per heavy atom. The fourth-order valence-electron chi connectivity index (χ4n) is 2.94. The van der Waals surface area contributed by atoms with Crippen molar-refractivity contribution in [1.29, 1.82) is 0 Å². The standard InChI is InChI=1S/C15H33NSi/c1-3-4-5-6-9-12-15-17(2)16-13-10-7-8-11-14-16/h17H,3-15H2,1-2H3. The summed E-state index contributed by atoms with van der Waals surface area (Å²) in [6, 6.07) is 1.56. The predicted molar refractivity (Wildman–Crippen MR) is 81.2 cm³/mol. The van der Waals surface area contributed by atoms with Crippen LogP contribution in [0.3, 0.4) is 0 Å². The van der Waals surface area contributed by atoms with Crippen molar-refractivity contribution in [2.45, 2.75) is 83.7 Å². The van der Waals surface area contributed by atoms with Crippen LogP contribution in [0.4, 0.5) is 0 Å². The first-order valence-electron chi connectivity index (χ1n) is 8.08. The van der Waals surface area contributed by atoms with Crippen molar-refractivity contribution in [2.24, 2.45) is 0 Å². The number of rotatable bonds is 8. The molecule has 1 heterocycles. The molecule has 1 atom stereocenters. The van der Waals surface area contributed by atoms with Gasteiger partial charge in [-0.2, -0.15) is 0 Å². The Balaban J connectivity index is 2.01. The highest BCUT2D eigenvalue weighted by atomic mass is 28.3. The van der Waals surface area contributed by atoms with Crippen LogP contribution in [-0.2, 0) is 0 Å². The maximum atomic E-state index is 2.87. The van der Waals surface area contributed by atoms with Gasteiger partial charge in [0.25, 0.3) is 0 Å². The minimum atomic E-state index is -0.538. The molecule has 0 aliphatic carbocycles.